The number of hydrogen-bond acceptors (Lipinski definition) is 4. The predicted molar refractivity (Wildman–Crippen MR) is 88.3 cm³/mol. The largest absolute Gasteiger partial charge is 0.279 e. The normalized spacial score (nSPS) is 17.4. The fourth-order valence-electron chi connectivity index (χ4n) is 3.00. The Labute approximate surface area is 129 Å². The first-order valence-corrected chi connectivity index (χ1v) is 8.37. The van der Waals surface area contributed by atoms with E-state index in [0.29, 0.717) is 0 Å². The number of amidine groups is 1. The summed E-state index contributed by atoms with van der Waals surface area (Å²) in [6.45, 7) is 2.77. The van der Waals surface area contributed by atoms with E-state index in [0.717, 1.165) is 30.5 Å². The summed E-state index contributed by atoms with van der Waals surface area (Å²) in [6.07, 6.45) is 2.10. The maximum Gasteiger partial charge on any atom is 0.179 e. The highest BCUT2D eigenvalue weighted by Crippen LogP contribution is 2.32. The second-order valence-corrected chi connectivity index (χ2v) is 6.15. The molecule has 0 bridgehead atoms. The van der Waals surface area contributed by atoms with E-state index < -0.39 is 0 Å². The average Bonchev–Trinajstić information content (AvgIpc) is 2.68. The lowest BCUT2D eigenvalue weighted by molar-refractivity contribution is 0.0118. The Bertz CT molecular complexity index is 711. The van der Waals surface area contributed by atoms with Crippen molar-refractivity contribution in [1.29, 1.82) is 0 Å². The van der Waals surface area contributed by atoms with Gasteiger partial charge in [-0.15, -0.1) is 0 Å². The van der Waals surface area contributed by atoms with Crippen LogP contribution in [0.25, 0.3) is 0 Å². The van der Waals surface area contributed by atoms with Gasteiger partial charge in [0.2, 0.25) is 0 Å². The SMILES string of the molecule is CSC1=Nc2ccccc2CN2Cc3ccccc3CN12. The number of para-hydroxylation sites is 1. The molecule has 3 nitrogen and oxygen atoms in total. The number of aliphatic imine (C=N–C) groups is 1. The summed E-state index contributed by atoms with van der Waals surface area (Å²) in [4.78, 5) is 4.88. The van der Waals surface area contributed by atoms with Gasteiger partial charge in [-0.05, 0) is 29.0 Å². The molecule has 0 N–H and O–H groups in total. The molecule has 0 radical (unpaired) electrons. The number of benzene rings is 2. The lowest BCUT2D eigenvalue weighted by Gasteiger charge is -2.39. The highest BCUT2D eigenvalue weighted by molar-refractivity contribution is 8.13. The van der Waals surface area contributed by atoms with Crippen LogP contribution in [0.4, 0.5) is 5.69 Å². The van der Waals surface area contributed by atoms with E-state index in [9.17, 15) is 0 Å². The van der Waals surface area contributed by atoms with Crippen LogP contribution in [0, 0.1) is 0 Å². The number of fused-ring (bicyclic) bond motifs is 3. The Morgan fingerprint density at radius 2 is 1.48 bits per heavy atom. The van der Waals surface area contributed by atoms with E-state index in [2.05, 4.69) is 64.8 Å². The summed E-state index contributed by atoms with van der Waals surface area (Å²) in [6, 6.07) is 17.2. The third-order valence-corrected chi connectivity index (χ3v) is 4.76. The maximum atomic E-state index is 4.88. The average molecular weight is 295 g/mol. The molecule has 0 saturated carbocycles. The van der Waals surface area contributed by atoms with Crippen molar-refractivity contribution in [2.24, 2.45) is 4.99 Å². The number of thioether (sulfide) groups is 1. The molecular formula is C17H17N3S. The number of hydrazine groups is 1. The van der Waals surface area contributed by atoms with E-state index in [1.165, 1.54) is 16.7 Å². The van der Waals surface area contributed by atoms with Gasteiger partial charge in [-0.1, -0.05) is 54.2 Å². The van der Waals surface area contributed by atoms with Crippen molar-refractivity contribution in [3.05, 3.63) is 65.2 Å². The Hall–Kier alpha value is -1.78. The summed E-state index contributed by atoms with van der Waals surface area (Å²) in [7, 11) is 0. The molecule has 0 spiro atoms. The van der Waals surface area contributed by atoms with Crippen LogP contribution in [0.1, 0.15) is 16.7 Å². The number of rotatable bonds is 0. The summed E-state index contributed by atoms with van der Waals surface area (Å²) < 4.78 is 0. The first-order valence-electron chi connectivity index (χ1n) is 7.15. The van der Waals surface area contributed by atoms with Crippen molar-refractivity contribution < 1.29 is 0 Å². The minimum absolute atomic E-state index is 0.907. The maximum absolute atomic E-state index is 4.88. The summed E-state index contributed by atoms with van der Waals surface area (Å²) in [5.74, 6) is 0. The third kappa shape index (κ3) is 2.24. The van der Waals surface area contributed by atoms with Crippen molar-refractivity contribution >= 4 is 22.6 Å². The van der Waals surface area contributed by atoms with Gasteiger partial charge in [-0.25, -0.2) is 10.0 Å². The monoisotopic (exact) mass is 295 g/mol. The van der Waals surface area contributed by atoms with Crippen molar-refractivity contribution in [3.63, 3.8) is 0 Å². The topological polar surface area (TPSA) is 18.8 Å². The number of nitrogens with zero attached hydrogens (tertiary/aromatic N) is 3. The van der Waals surface area contributed by atoms with E-state index in [1.54, 1.807) is 11.8 Å². The lowest BCUT2D eigenvalue weighted by atomic mass is 10.0. The van der Waals surface area contributed by atoms with Gasteiger partial charge in [-0.2, -0.15) is 0 Å². The molecule has 21 heavy (non-hydrogen) atoms. The molecule has 0 atom stereocenters. The quantitative estimate of drug-likeness (QED) is 0.737. The van der Waals surface area contributed by atoms with Crippen molar-refractivity contribution in [2.45, 2.75) is 19.6 Å². The van der Waals surface area contributed by atoms with Crippen molar-refractivity contribution in [3.8, 4) is 0 Å². The van der Waals surface area contributed by atoms with Gasteiger partial charge < -0.3 is 0 Å². The Kier molecular flexibility index (Phi) is 3.20. The van der Waals surface area contributed by atoms with Crippen LogP contribution in [0.5, 0.6) is 0 Å². The Morgan fingerprint density at radius 3 is 2.24 bits per heavy atom. The zero-order valence-electron chi connectivity index (χ0n) is 12.0. The van der Waals surface area contributed by atoms with Gasteiger partial charge in [0.1, 0.15) is 0 Å². The minimum atomic E-state index is 0.907. The van der Waals surface area contributed by atoms with E-state index in [-0.39, 0.29) is 0 Å². The lowest BCUT2D eigenvalue weighted by Crippen LogP contribution is -2.46. The molecule has 0 saturated heterocycles. The molecule has 106 valence electrons. The van der Waals surface area contributed by atoms with Crippen molar-refractivity contribution in [1.82, 2.24) is 10.0 Å². The molecule has 2 heterocycles. The third-order valence-electron chi connectivity index (χ3n) is 4.10. The molecule has 0 aliphatic carbocycles. The first kappa shape index (κ1) is 12.9. The van der Waals surface area contributed by atoms with Gasteiger partial charge in [0.05, 0.1) is 12.2 Å². The van der Waals surface area contributed by atoms with Gasteiger partial charge in [-0.3, -0.25) is 5.01 Å². The van der Waals surface area contributed by atoms with Gasteiger partial charge in [0, 0.05) is 13.1 Å². The van der Waals surface area contributed by atoms with Crippen LogP contribution in [-0.2, 0) is 19.6 Å². The zero-order valence-corrected chi connectivity index (χ0v) is 12.8. The smallest absolute Gasteiger partial charge is 0.179 e. The second kappa shape index (κ2) is 5.20. The molecule has 2 aliphatic rings. The molecule has 0 unspecified atom stereocenters. The molecule has 2 aromatic rings. The van der Waals surface area contributed by atoms with E-state index in [1.807, 2.05) is 0 Å². The fourth-order valence-corrected chi connectivity index (χ4v) is 3.58. The second-order valence-electron chi connectivity index (χ2n) is 5.38. The van der Waals surface area contributed by atoms with Crippen LogP contribution in [0.2, 0.25) is 0 Å². The van der Waals surface area contributed by atoms with E-state index in [4.69, 9.17) is 4.99 Å². The standard InChI is InChI=1S/C17H17N3S/c1-21-17-18-16-9-5-4-8-15(16)11-19-10-13-6-2-3-7-14(13)12-20(17)19/h2-9H,10-12H2,1H3. The molecule has 0 aromatic heterocycles. The minimum Gasteiger partial charge on any atom is -0.279 e. The summed E-state index contributed by atoms with van der Waals surface area (Å²) in [5, 5.41) is 5.81. The predicted octanol–water partition coefficient (Wildman–Crippen LogP) is 3.78. The molecule has 2 aromatic carbocycles. The highest BCUT2D eigenvalue weighted by Gasteiger charge is 2.28. The van der Waals surface area contributed by atoms with Crippen molar-refractivity contribution in [2.75, 3.05) is 6.26 Å². The number of hydrogen-bond donors (Lipinski definition) is 0. The molecule has 4 rings (SSSR count). The summed E-state index contributed by atoms with van der Waals surface area (Å²) in [5.41, 5.74) is 5.22. The molecule has 0 amide bonds. The van der Waals surface area contributed by atoms with Crippen LogP contribution < -0.4 is 0 Å². The van der Waals surface area contributed by atoms with Gasteiger partial charge in [0.25, 0.3) is 0 Å². The van der Waals surface area contributed by atoms with E-state index >= 15 is 0 Å². The first-order chi connectivity index (χ1) is 10.3. The highest BCUT2D eigenvalue weighted by atomic mass is 32.2. The van der Waals surface area contributed by atoms with Crippen LogP contribution >= 0.6 is 11.8 Å². The van der Waals surface area contributed by atoms with Crippen LogP contribution in [0.15, 0.2) is 53.5 Å². The zero-order chi connectivity index (χ0) is 14.2. The van der Waals surface area contributed by atoms with Crippen LogP contribution in [0.3, 0.4) is 0 Å². The fraction of sp³-hybridized carbons (Fsp3) is 0.235. The van der Waals surface area contributed by atoms with Gasteiger partial charge >= 0.3 is 0 Å². The summed E-state index contributed by atoms with van der Waals surface area (Å²) >= 11 is 1.72. The molecular weight excluding hydrogens is 278 g/mol. The molecule has 4 heteroatoms. The molecule has 2 aliphatic heterocycles. The molecule has 0 fully saturated rings. The Morgan fingerprint density at radius 1 is 0.857 bits per heavy atom. The Balaban J connectivity index is 1.80. The van der Waals surface area contributed by atoms with Crippen LogP contribution in [-0.4, -0.2) is 21.4 Å². The van der Waals surface area contributed by atoms with Gasteiger partial charge in [0.15, 0.2) is 5.17 Å².